The number of halogens is 2. The van der Waals surface area contributed by atoms with E-state index in [1.54, 1.807) is 42.1 Å². The van der Waals surface area contributed by atoms with Crippen LogP contribution in [0.1, 0.15) is 18.5 Å². The monoisotopic (exact) mass is 323 g/mol. The zero-order valence-electron chi connectivity index (χ0n) is 11.0. The zero-order valence-corrected chi connectivity index (χ0v) is 12.5. The van der Waals surface area contributed by atoms with Crippen molar-refractivity contribution in [2.24, 2.45) is 0 Å². The van der Waals surface area contributed by atoms with Crippen molar-refractivity contribution in [3.8, 4) is 0 Å². The van der Waals surface area contributed by atoms with Gasteiger partial charge >= 0.3 is 5.97 Å². The van der Waals surface area contributed by atoms with Crippen molar-refractivity contribution in [2.45, 2.75) is 13.0 Å². The lowest BCUT2D eigenvalue weighted by Crippen LogP contribution is -2.28. The Labute approximate surface area is 130 Å². The number of carbonyl (C=O) groups is 1. The van der Waals surface area contributed by atoms with Crippen LogP contribution in [-0.2, 0) is 4.79 Å². The summed E-state index contributed by atoms with van der Waals surface area (Å²) in [5, 5.41) is 17.5. The fourth-order valence-corrected chi connectivity index (χ4v) is 2.91. The van der Waals surface area contributed by atoms with Crippen LogP contribution in [0.5, 0.6) is 0 Å². The van der Waals surface area contributed by atoms with Gasteiger partial charge in [0.25, 0.3) is 0 Å². The zero-order chi connectivity index (χ0) is 15.1. The molecule has 0 fully saturated rings. The van der Waals surface area contributed by atoms with Gasteiger partial charge in [0.05, 0.1) is 21.8 Å². The molecule has 108 valence electrons. The number of fused-ring (bicyclic) bond motifs is 1. The molecule has 0 amide bonds. The van der Waals surface area contributed by atoms with Gasteiger partial charge in [-0.3, -0.25) is 0 Å². The Balaban J connectivity index is 2.27. The van der Waals surface area contributed by atoms with E-state index in [2.05, 4.69) is 10.4 Å². The van der Waals surface area contributed by atoms with Gasteiger partial charge < -0.3 is 10.4 Å². The number of aliphatic carboxylic acids is 1. The van der Waals surface area contributed by atoms with Gasteiger partial charge in [0, 0.05) is 17.3 Å². The van der Waals surface area contributed by atoms with Crippen molar-refractivity contribution in [3.63, 3.8) is 0 Å². The number of allylic oxidation sites excluding steroid dienone is 1. The highest BCUT2D eigenvalue weighted by Crippen LogP contribution is 2.40. The van der Waals surface area contributed by atoms with Gasteiger partial charge in [0.2, 0.25) is 0 Å². The molecule has 1 aromatic heterocycles. The van der Waals surface area contributed by atoms with Gasteiger partial charge in [-0.25, -0.2) is 9.48 Å². The minimum Gasteiger partial charge on any atom is -0.478 e. The first-order valence-corrected chi connectivity index (χ1v) is 6.95. The normalized spacial score (nSPS) is 17.4. The molecule has 0 saturated carbocycles. The van der Waals surface area contributed by atoms with E-state index in [-0.39, 0.29) is 5.57 Å². The lowest BCUT2D eigenvalue weighted by Gasteiger charge is -2.28. The summed E-state index contributed by atoms with van der Waals surface area (Å²) in [4.78, 5) is 11.7. The molecule has 2 heterocycles. The second-order valence-corrected chi connectivity index (χ2v) is 5.46. The molecule has 0 spiro atoms. The molecule has 0 aliphatic carbocycles. The van der Waals surface area contributed by atoms with Gasteiger partial charge in [-0.1, -0.05) is 35.3 Å². The van der Waals surface area contributed by atoms with Crippen LogP contribution in [0, 0.1) is 0 Å². The predicted octanol–water partition coefficient (Wildman–Crippen LogP) is 3.56. The number of hydrogen-bond acceptors (Lipinski definition) is 3. The highest BCUT2D eigenvalue weighted by atomic mass is 35.5. The Morgan fingerprint density at radius 3 is 2.86 bits per heavy atom. The number of rotatable bonds is 2. The second kappa shape index (κ2) is 5.09. The first-order chi connectivity index (χ1) is 10.0. The van der Waals surface area contributed by atoms with Crippen molar-refractivity contribution < 1.29 is 9.90 Å². The van der Waals surface area contributed by atoms with E-state index < -0.39 is 12.0 Å². The van der Waals surface area contributed by atoms with Crippen molar-refractivity contribution in [3.05, 3.63) is 57.3 Å². The highest BCUT2D eigenvalue weighted by Gasteiger charge is 2.34. The van der Waals surface area contributed by atoms with Crippen LogP contribution >= 0.6 is 23.2 Å². The smallest absolute Gasteiger partial charge is 0.335 e. The molecule has 2 N–H and O–H groups in total. The van der Waals surface area contributed by atoms with Crippen molar-refractivity contribution in [2.75, 3.05) is 5.32 Å². The summed E-state index contributed by atoms with van der Waals surface area (Å²) in [5.41, 5.74) is 1.35. The number of aromatic nitrogens is 2. The molecule has 1 aliphatic heterocycles. The number of anilines is 1. The molecule has 2 aromatic rings. The van der Waals surface area contributed by atoms with E-state index in [1.807, 2.05) is 0 Å². The molecule has 1 unspecified atom stereocenters. The van der Waals surface area contributed by atoms with Gasteiger partial charge in [-0.05, 0) is 13.0 Å². The van der Waals surface area contributed by atoms with Crippen LogP contribution in [0.3, 0.4) is 0 Å². The van der Waals surface area contributed by atoms with Crippen LogP contribution < -0.4 is 5.32 Å². The number of nitrogens with one attached hydrogen (secondary N) is 1. The summed E-state index contributed by atoms with van der Waals surface area (Å²) in [6.07, 6.45) is 1.60. The number of carboxylic acid groups (broad SMARTS) is 1. The molecule has 3 rings (SSSR count). The van der Waals surface area contributed by atoms with Crippen LogP contribution in [0.25, 0.3) is 0 Å². The van der Waals surface area contributed by atoms with E-state index in [1.165, 1.54) is 0 Å². The Hall–Kier alpha value is -1.98. The Morgan fingerprint density at radius 2 is 2.14 bits per heavy atom. The van der Waals surface area contributed by atoms with E-state index in [9.17, 15) is 9.90 Å². The van der Waals surface area contributed by atoms with Crippen molar-refractivity contribution in [1.29, 1.82) is 0 Å². The summed E-state index contributed by atoms with van der Waals surface area (Å²) >= 11 is 12.3. The summed E-state index contributed by atoms with van der Waals surface area (Å²) < 4.78 is 1.59. The number of benzene rings is 1. The lowest BCUT2D eigenvalue weighted by molar-refractivity contribution is -0.133. The fraction of sp³-hybridized carbons (Fsp3) is 0.143. The molecule has 1 atom stereocenters. The summed E-state index contributed by atoms with van der Waals surface area (Å²) in [7, 11) is 0. The third-order valence-electron chi connectivity index (χ3n) is 3.41. The maximum Gasteiger partial charge on any atom is 0.335 e. The van der Waals surface area contributed by atoms with Crippen molar-refractivity contribution >= 4 is 35.0 Å². The molecule has 1 aromatic carbocycles. The third-order valence-corrected chi connectivity index (χ3v) is 4.25. The molecular formula is C14H11Cl2N3O2. The van der Waals surface area contributed by atoms with Crippen molar-refractivity contribution in [1.82, 2.24) is 9.78 Å². The predicted molar refractivity (Wildman–Crippen MR) is 80.8 cm³/mol. The number of hydrogen-bond donors (Lipinski definition) is 2. The van der Waals surface area contributed by atoms with Crippen LogP contribution in [0.2, 0.25) is 10.0 Å². The van der Waals surface area contributed by atoms with E-state index in [4.69, 9.17) is 23.2 Å². The quantitative estimate of drug-likeness (QED) is 0.886. The summed E-state index contributed by atoms with van der Waals surface area (Å²) in [6.45, 7) is 1.71. The molecule has 5 nitrogen and oxygen atoms in total. The van der Waals surface area contributed by atoms with Gasteiger partial charge in [0.15, 0.2) is 0 Å². The Kier molecular flexibility index (Phi) is 3.39. The standard InChI is InChI=1S/C14H11Cl2N3O2/c1-7-11(14(20)21)13(19-10(18-7)5-6-17-19)8-3-2-4-9(15)12(8)16/h2-6,13,18H,1H3,(H,20,21). The van der Waals surface area contributed by atoms with Crippen LogP contribution in [-0.4, -0.2) is 20.9 Å². The molecule has 1 aliphatic rings. The fourth-order valence-electron chi connectivity index (χ4n) is 2.50. The summed E-state index contributed by atoms with van der Waals surface area (Å²) in [5.74, 6) is -0.319. The molecule has 0 saturated heterocycles. The maximum atomic E-state index is 11.7. The highest BCUT2D eigenvalue weighted by molar-refractivity contribution is 6.42. The molecule has 7 heteroatoms. The summed E-state index contributed by atoms with van der Waals surface area (Å²) in [6, 6.07) is 6.30. The number of nitrogens with zero attached hydrogens (tertiary/aromatic N) is 2. The maximum absolute atomic E-state index is 11.7. The average Bonchev–Trinajstić information content (AvgIpc) is 2.88. The minimum absolute atomic E-state index is 0.190. The third kappa shape index (κ3) is 2.18. The molecule has 0 radical (unpaired) electrons. The molecule has 21 heavy (non-hydrogen) atoms. The van der Waals surface area contributed by atoms with E-state index >= 15 is 0 Å². The molecular weight excluding hydrogens is 313 g/mol. The second-order valence-electron chi connectivity index (χ2n) is 4.68. The van der Waals surface area contributed by atoms with Gasteiger partial charge in [-0.2, -0.15) is 5.10 Å². The largest absolute Gasteiger partial charge is 0.478 e. The SMILES string of the molecule is CC1=C(C(=O)O)C(c2cccc(Cl)c2Cl)n2nccc2N1. The number of carboxylic acids is 1. The molecule has 0 bridgehead atoms. The van der Waals surface area contributed by atoms with Gasteiger partial charge in [0.1, 0.15) is 11.9 Å². The van der Waals surface area contributed by atoms with Crippen LogP contribution in [0.15, 0.2) is 41.7 Å². The minimum atomic E-state index is -1.03. The first-order valence-electron chi connectivity index (χ1n) is 6.19. The Bertz CT molecular complexity index is 767. The van der Waals surface area contributed by atoms with Gasteiger partial charge in [-0.15, -0.1) is 0 Å². The first kappa shape index (κ1) is 14.0. The average molecular weight is 324 g/mol. The lowest BCUT2D eigenvalue weighted by atomic mass is 9.95. The van der Waals surface area contributed by atoms with E-state index in [0.29, 0.717) is 27.1 Å². The van der Waals surface area contributed by atoms with Crippen LogP contribution in [0.4, 0.5) is 5.82 Å². The topological polar surface area (TPSA) is 67.1 Å². The van der Waals surface area contributed by atoms with E-state index in [0.717, 1.165) is 0 Å². The Morgan fingerprint density at radius 1 is 1.38 bits per heavy atom.